The Morgan fingerprint density at radius 3 is 1.24 bits per heavy atom. The fourth-order valence-corrected chi connectivity index (χ4v) is 14.7. The molecule has 122 heavy (non-hydrogen) atoms. The summed E-state index contributed by atoms with van der Waals surface area (Å²) >= 11 is 0. The van der Waals surface area contributed by atoms with Crippen LogP contribution in [0.25, 0.3) is 111 Å². The number of fused-ring (bicyclic) bond motifs is 4. The van der Waals surface area contributed by atoms with E-state index in [9.17, 15) is 44.9 Å². The van der Waals surface area contributed by atoms with E-state index >= 15 is 0 Å². The second-order valence-electron chi connectivity index (χ2n) is 31.4. The molecule has 9 heterocycles. The minimum Gasteiger partial charge on any atom is -0.491 e. The van der Waals surface area contributed by atoms with E-state index in [-0.39, 0.29) is 48.7 Å². The summed E-state index contributed by atoms with van der Waals surface area (Å²) in [5.41, 5.74) is 11.9. The van der Waals surface area contributed by atoms with Gasteiger partial charge in [0.15, 0.2) is 5.65 Å². The molecule has 0 spiro atoms. The Balaban J connectivity index is 0.000000127. The molecule has 0 amide bonds. The summed E-state index contributed by atoms with van der Waals surface area (Å²) in [5.74, 6) is 2.44. The average Bonchev–Trinajstić information content (AvgIpc) is 1.62. The largest absolute Gasteiger partial charge is 0.491 e. The lowest BCUT2D eigenvalue weighted by Crippen LogP contribution is -2.34. The molecule has 2 aliphatic rings. The molecule has 8 N–H and O–H groups in total. The van der Waals surface area contributed by atoms with Gasteiger partial charge < -0.3 is 87.4 Å². The molecule has 27 nitrogen and oxygen atoms in total. The van der Waals surface area contributed by atoms with Crippen molar-refractivity contribution in [2.24, 2.45) is 0 Å². The van der Waals surface area contributed by atoms with Gasteiger partial charge >= 0.3 is 0 Å². The molecule has 1 saturated heterocycles. The molecule has 1 aliphatic carbocycles. The molecule has 2 unspecified atom stereocenters. The van der Waals surface area contributed by atoms with E-state index in [1.54, 1.807) is 45.9 Å². The zero-order valence-electron chi connectivity index (χ0n) is 68.0. The smallest absolute Gasteiger partial charge is 0.275 e. The van der Waals surface area contributed by atoms with Crippen LogP contribution in [0.4, 0.5) is 0 Å². The van der Waals surface area contributed by atoms with Gasteiger partial charge in [-0.1, -0.05) is 115 Å². The first kappa shape index (κ1) is 83.0. The lowest BCUT2D eigenvalue weighted by molar-refractivity contribution is 0.0281. The van der Waals surface area contributed by atoms with E-state index in [1.807, 2.05) is 244 Å². The van der Waals surface area contributed by atoms with Crippen LogP contribution in [-0.4, -0.2) is 177 Å². The van der Waals surface area contributed by atoms with Crippen molar-refractivity contribution in [1.29, 1.82) is 5.26 Å². The van der Waals surface area contributed by atoms with Crippen molar-refractivity contribution in [2.45, 2.75) is 82.8 Å². The molecule has 16 aromatic rings. The summed E-state index contributed by atoms with van der Waals surface area (Å²) in [6, 6.07) is 69.5. The van der Waals surface area contributed by atoms with E-state index < -0.39 is 23.4 Å². The number of nitriles is 1. The maximum absolute atomic E-state index is 12.6. The monoisotopic (exact) mass is 1640 g/mol. The van der Waals surface area contributed by atoms with Crippen LogP contribution in [0, 0.1) is 11.3 Å². The van der Waals surface area contributed by atoms with Crippen LogP contribution in [0.5, 0.6) is 23.0 Å². The molecule has 8 aromatic heterocycles. The second-order valence-corrected chi connectivity index (χ2v) is 31.4. The first-order valence-corrected chi connectivity index (χ1v) is 40.3. The summed E-state index contributed by atoms with van der Waals surface area (Å²) in [5, 5.41) is 50.2. The molecule has 8 aromatic carbocycles. The molecule has 0 bridgehead atoms. The highest BCUT2D eigenvalue weighted by Gasteiger charge is 2.28. The van der Waals surface area contributed by atoms with Gasteiger partial charge in [-0.2, -0.15) is 5.26 Å². The number of β-amino-alcohol motifs (C(OH)–C–C–N with tert-alkyl or cyclic N) is 1. The zero-order chi connectivity index (χ0) is 85.0. The number of likely N-dealkylation sites (tertiary alicyclic amines) is 1. The van der Waals surface area contributed by atoms with Crippen LogP contribution in [0.2, 0.25) is 0 Å². The van der Waals surface area contributed by atoms with Crippen molar-refractivity contribution in [2.75, 3.05) is 59.7 Å². The van der Waals surface area contributed by atoms with Gasteiger partial charge in [-0.3, -0.25) is 19.2 Å². The molecule has 0 radical (unpaired) electrons. The number of aliphatic hydroxyl groups is 4. The SMILES string of the molecule is CC(C)(O)COc1ccc(-c2cn(-c3ccccc3)c3c(=O)[nH]cnc23)cc1.CC(C)(O)COc1ccc(-c2cn(-c3ccccc3)c3nc[nH]c(=O)c23)cc1C#N.CN(CC(O)COc1ccc(-c2cn(-c3ccccc3)c3c(=O)[nH]cnc23)cc1)C1CC1.O=c1[nH]cnc2c(-c3ccc(OCC(O)CN4CCCC4)cc3)cn(-c3ccccc3)c12. The van der Waals surface area contributed by atoms with E-state index in [0.717, 1.165) is 69.2 Å². The van der Waals surface area contributed by atoms with Gasteiger partial charge in [0.2, 0.25) is 0 Å². The van der Waals surface area contributed by atoms with Crippen molar-refractivity contribution < 1.29 is 39.4 Å². The Kier molecular flexibility index (Phi) is 25.2. The third-order valence-electron chi connectivity index (χ3n) is 20.8. The Bertz CT molecular complexity index is 6370. The Labute approximate surface area is 701 Å². The molecular weight excluding hydrogens is 1540 g/mol. The molecule has 1 aliphatic heterocycles. The predicted octanol–water partition coefficient (Wildman–Crippen LogP) is 13.4. The quantitative estimate of drug-likeness (QED) is 0.0263. The number of para-hydroxylation sites is 4. The van der Waals surface area contributed by atoms with Crippen molar-refractivity contribution in [1.82, 2.24) is 67.9 Å². The van der Waals surface area contributed by atoms with Crippen molar-refractivity contribution in [3.63, 3.8) is 0 Å². The molecule has 1 saturated carbocycles. The van der Waals surface area contributed by atoms with Crippen LogP contribution in [0.3, 0.4) is 0 Å². The highest BCUT2D eigenvalue weighted by molar-refractivity contribution is 5.97. The van der Waals surface area contributed by atoms with Gasteiger partial charge in [0.25, 0.3) is 22.2 Å². The summed E-state index contributed by atoms with van der Waals surface area (Å²) in [4.78, 5) is 83.1. The number of benzene rings is 8. The van der Waals surface area contributed by atoms with Crippen LogP contribution in [0.1, 0.15) is 58.9 Å². The van der Waals surface area contributed by atoms with Crippen LogP contribution in [-0.2, 0) is 0 Å². The van der Waals surface area contributed by atoms with Crippen molar-refractivity contribution in [3.05, 3.63) is 309 Å². The van der Waals surface area contributed by atoms with E-state index in [2.05, 4.69) is 55.7 Å². The molecular formula is C95H93N15O12. The summed E-state index contributed by atoms with van der Waals surface area (Å²) in [6.45, 7) is 10.8. The highest BCUT2D eigenvalue weighted by Crippen LogP contribution is 2.37. The summed E-state index contributed by atoms with van der Waals surface area (Å²) in [6.07, 6.45) is 17.1. The number of aromatic amines is 4. The van der Waals surface area contributed by atoms with Crippen molar-refractivity contribution >= 4 is 44.1 Å². The number of aromatic nitrogens is 12. The van der Waals surface area contributed by atoms with Gasteiger partial charge in [0.05, 0.1) is 47.5 Å². The predicted molar refractivity (Wildman–Crippen MR) is 471 cm³/mol. The maximum atomic E-state index is 12.6. The number of rotatable bonds is 25. The van der Waals surface area contributed by atoms with Crippen LogP contribution < -0.4 is 41.2 Å². The minimum absolute atomic E-state index is 0.0535. The van der Waals surface area contributed by atoms with Gasteiger partial charge in [-0.05, 0) is 193 Å². The Morgan fingerprint density at radius 1 is 0.459 bits per heavy atom. The Morgan fingerprint density at radius 2 is 0.828 bits per heavy atom. The van der Waals surface area contributed by atoms with Gasteiger partial charge in [0, 0.05) is 88.9 Å². The second kappa shape index (κ2) is 37.0. The lowest BCUT2D eigenvalue weighted by Gasteiger charge is -2.20. The fourth-order valence-electron chi connectivity index (χ4n) is 14.7. The number of hydrogen-bond acceptors (Lipinski definition) is 19. The average molecular weight is 1640 g/mol. The van der Waals surface area contributed by atoms with Crippen molar-refractivity contribution in [3.8, 4) is 96.3 Å². The van der Waals surface area contributed by atoms with E-state index in [0.29, 0.717) is 103 Å². The Hall–Kier alpha value is -14.1. The van der Waals surface area contributed by atoms with E-state index in [1.165, 1.54) is 51.0 Å². The maximum Gasteiger partial charge on any atom is 0.275 e. The molecule has 620 valence electrons. The molecule has 2 fully saturated rings. The standard InChI is InChI=1S/2C25H26N4O3.C23H20N4O3.C22H21N3O3/c1-28(18-9-10-18)13-20(30)15-32-21-11-7-17(8-12-21)22-14-29(19-5-3-2-4-6-19)24-23(22)26-16-27-25(24)31;30-20(14-28-12-4-5-13-28)16-32-21-10-8-18(9-11-21)22-15-29(19-6-2-1-3-7-19)24-23(22)26-17-27-25(24)31;1-23(2,29)13-30-19-9-8-15(10-16(19)11-24)18-12-27(17-6-4-3-5-7-17)21-20(18)22(28)26-14-25-21;1-22(2,27)13-28-17-10-8-15(9-11-17)18-12-25(16-6-4-3-5-7-16)20-19(18)23-14-24-21(20)26/h2-8,11-12,14,16,18,20,30H,9-10,13,15H2,1H3,(H,26,27,31);1-3,6-11,15,17,20,30H,4-5,12-14,16H2,(H,26,27,31);3-10,12,14,29H,13H2,1-2H3,(H,25,26,28);3-12,14,27H,13H2,1-2H3,(H,23,24,26). The zero-order valence-corrected chi connectivity index (χ0v) is 68.0. The minimum atomic E-state index is -1.02. The topological polar surface area (TPSA) is 351 Å². The van der Waals surface area contributed by atoms with Crippen LogP contribution >= 0.6 is 0 Å². The number of nitrogens with one attached hydrogen (secondary N) is 4. The number of likely N-dealkylation sites (N-methyl/N-ethyl adjacent to an activating group) is 1. The molecule has 27 heteroatoms. The van der Waals surface area contributed by atoms with Gasteiger partial charge in [0.1, 0.15) is 101 Å². The molecule has 18 rings (SSSR count). The number of nitrogens with zero attached hydrogens (tertiary/aromatic N) is 11. The summed E-state index contributed by atoms with van der Waals surface area (Å²) in [7, 11) is 2.04. The number of H-pyrrole nitrogens is 4. The van der Waals surface area contributed by atoms with Gasteiger partial charge in [-0.15, -0.1) is 0 Å². The normalized spacial score (nSPS) is 13.4. The van der Waals surface area contributed by atoms with Crippen LogP contribution in [0.15, 0.2) is 282 Å². The first-order valence-electron chi connectivity index (χ1n) is 40.3. The number of ether oxygens (including phenoxy) is 4. The highest BCUT2D eigenvalue weighted by atomic mass is 16.5. The third kappa shape index (κ3) is 19.7. The lowest BCUT2D eigenvalue weighted by atomic mass is 10.0. The number of hydrogen-bond donors (Lipinski definition) is 8. The fraction of sp³-hybridized carbons (Fsp3) is 0.232. The third-order valence-corrected chi connectivity index (χ3v) is 20.8. The first-order chi connectivity index (χ1) is 59.1. The number of aliphatic hydroxyl groups excluding tert-OH is 2. The summed E-state index contributed by atoms with van der Waals surface area (Å²) < 4.78 is 30.3. The molecule has 2 atom stereocenters. The van der Waals surface area contributed by atoms with Gasteiger partial charge in [-0.25, -0.2) is 19.9 Å². The van der Waals surface area contributed by atoms with E-state index in [4.69, 9.17) is 18.9 Å².